The summed E-state index contributed by atoms with van der Waals surface area (Å²) in [6, 6.07) is 6.04. The lowest BCUT2D eigenvalue weighted by atomic mass is 10.2. The number of methoxy groups -OCH3 is 1. The van der Waals surface area contributed by atoms with Gasteiger partial charge in [-0.2, -0.15) is 0 Å². The monoisotopic (exact) mass is 314 g/mol. The van der Waals surface area contributed by atoms with Gasteiger partial charge in [-0.15, -0.1) is 0 Å². The molecule has 0 spiro atoms. The molecule has 0 saturated carbocycles. The highest BCUT2D eigenvalue weighted by atomic mass is 32.2. The van der Waals surface area contributed by atoms with Crippen molar-refractivity contribution in [1.82, 2.24) is 9.62 Å². The van der Waals surface area contributed by atoms with E-state index in [2.05, 4.69) is 5.32 Å². The SMILES string of the molecule is COCCNCC(O)CN1C(=O)c2ccccc2S1(=O)=O. The second-order valence-corrected chi connectivity index (χ2v) is 6.52. The number of benzene rings is 1. The smallest absolute Gasteiger partial charge is 0.269 e. The summed E-state index contributed by atoms with van der Waals surface area (Å²) in [6.45, 7) is 0.933. The van der Waals surface area contributed by atoms with Crippen molar-refractivity contribution in [3.8, 4) is 0 Å². The zero-order valence-electron chi connectivity index (χ0n) is 11.7. The van der Waals surface area contributed by atoms with Crippen LogP contribution in [0.4, 0.5) is 0 Å². The van der Waals surface area contributed by atoms with Crippen LogP contribution >= 0.6 is 0 Å². The van der Waals surface area contributed by atoms with Crippen LogP contribution in [0.5, 0.6) is 0 Å². The van der Waals surface area contributed by atoms with Crippen LogP contribution in [-0.2, 0) is 14.8 Å². The number of aliphatic hydroxyl groups is 1. The zero-order valence-corrected chi connectivity index (χ0v) is 12.5. The van der Waals surface area contributed by atoms with Gasteiger partial charge in [0.05, 0.1) is 24.8 Å². The lowest BCUT2D eigenvalue weighted by molar-refractivity contribution is 0.0789. The number of amides is 1. The Balaban J connectivity index is 2.04. The quantitative estimate of drug-likeness (QED) is 0.654. The Morgan fingerprint density at radius 3 is 2.76 bits per heavy atom. The van der Waals surface area contributed by atoms with Gasteiger partial charge in [-0.05, 0) is 12.1 Å². The van der Waals surface area contributed by atoms with E-state index in [0.29, 0.717) is 13.2 Å². The fraction of sp³-hybridized carbons (Fsp3) is 0.462. The molecule has 1 unspecified atom stereocenters. The first-order valence-corrected chi connectivity index (χ1v) is 7.96. The van der Waals surface area contributed by atoms with Gasteiger partial charge in [0.15, 0.2) is 0 Å². The number of rotatable bonds is 7. The first-order valence-electron chi connectivity index (χ1n) is 6.52. The minimum atomic E-state index is -3.85. The number of ether oxygens (including phenoxy) is 1. The number of nitrogens with zero attached hydrogens (tertiary/aromatic N) is 1. The van der Waals surface area contributed by atoms with Crippen molar-refractivity contribution < 1.29 is 23.1 Å². The molecule has 0 saturated heterocycles. The van der Waals surface area contributed by atoms with Gasteiger partial charge in [-0.3, -0.25) is 4.79 Å². The molecule has 7 nitrogen and oxygen atoms in total. The van der Waals surface area contributed by atoms with E-state index in [4.69, 9.17) is 4.74 Å². The van der Waals surface area contributed by atoms with E-state index in [1.165, 1.54) is 12.1 Å². The fourth-order valence-corrected chi connectivity index (χ4v) is 3.72. The Labute approximate surface area is 123 Å². The minimum Gasteiger partial charge on any atom is -0.390 e. The molecule has 1 atom stereocenters. The third kappa shape index (κ3) is 3.24. The van der Waals surface area contributed by atoms with Crippen LogP contribution in [0, 0.1) is 0 Å². The standard InChI is InChI=1S/C13H18N2O5S/c1-20-7-6-14-8-10(16)9-15-13(17)11-4-2-3-5-12(11)21(15,18)19/h2-5,10,14,16H,6-9H2,1H3. The fourth-order valence-electron chi connectivity index (χ4n) is 2.11. The summed E-state index contributed by atoms with van der Waals surface area (Å²) in [6.07, 6.45) is -0.977. The third-order valence-corrected chi connectivity index (χ3v) is 4.96. The van der Waals surface area contributed by atoms with Gasteiger partial charge in [0.1, 0.15) is 4.90 Å². The van der Waals surface area contributed by atoms with Crippen molar-refractivity contribution in [1.29, 1.82) is 0 Å². The predicted octanol–water partition coefficient (Wildman–Crippen LogP) is -0.572. The van der Waals surface area contributed by atoms with Gasteiger partial charge in [0.25, 0.3) is 15.9 Å². The van der Waals surface area contributed by atoms with Crippen molar-refractivity contribution >= 4 is 15.9 Å². The van der Waals surface area contributed by atoms with E-state index in [9.17, 15) is 18.3 Å². The average Bonchev–Trinajstić information content (AvgIpc) is 2.65. The van der Waals surface area contributed by atoms with Gasteiger partial charge in [-0.25, -0.2) is 12.7 Å². The number of β-amino-alcohol motifs (C(OH)–C–C–N with tert-alkyl or cyclic N) is 1. The van der Waals surface area contributed by atoms with E-state index in [1.54, 1.807) is 19.2 Å². The Hall–Kier alpha value is -1.48. The molecule has 1 aromatic rings. The Morgan fingerprint density at radius 2 is 2.10 bits per heavy atom. The molecule has 1 aliphatic heterocycles. The number of carbonyl (C=O) groups excluding carboxylic acids is 1. The average molecular weight is 314 g/mol. The molecule has 116 valence electrons. The van der Waals surface area contributed by atoms with Crippen LogP contribution in [-0.4, -0.2) is 63.2 Å². The van der Waals surface area contributed by atoms with Crippen molar-refractivity contribution in [3.05, 3.63) is 29.8 Å². The lowest BCUT2D eigenvalue weighted by Gasteiger charge is -2.19. The Morgan fingerprint density at radius 1 is 1.38 bits per heavy atom. The highest BCUT2D eigenvalue weighted by Crippen LogP contribution is 2.29. The van der Waals surface area contributed by atoms with Crippen LogP contribution in [0.25, 0.3) is 0 Å². The van der Waals surface area contributed by atoms with Crippen molar-refractivity contribution in [3.63, 3.8) is 0 Å². The summed E-state index contributed by atoms with van der Waals surface area (Å²) in [7, 11) is -2.29. The van der Waals surface area contributed by atoms with Crippen LogP contribution in [0.2, 0.25) is 0 Å². The first kappa shape index (κ1) is 15.9. The van der Waals surface area contributed by atoms with Gasteiger partial charge in [0.2, 0.25) is 0 Å². The molecular formula is C13H18N2O5S. The predicted molar refractivity (Wildman–Crippen MR) is 75.4 cm³/mol. The molecule has 0 fully saturated rings. The largest absolute Gasteiger partial charge is 0.390 e. The molecule has 0 radical (unpaired) electrons. The summed E-state index contributed by atoms with van der Waals surface area (Å²) in [5, 5.41) is 12.8. The van der Waals surface area contributed by atoms with Gasteiger partial charge in [0, 0.05) is 20.2 Å². The Kier molecular flexibility index (Phi) is 4.94. The maximum absolute atomic E-state index is 12.3. The van der Waals surface area contributed by atoms with Gasteiger partial charge >= 0.3 is 0 Å². The minimum absolute atomic E-state index is 0.00505. The van der Waals surface area contributed by atoms with Crippen LogP contribution in [0.1, 0.15) is 10.4 Å². The van der Waals surface area contributed by atoms with E-state index >= 15 is 0 Å². The van der Waals surface area contributed by atoms with Crippen molar-refractivity contribution in [2.75, 3.05) is 33.4 Å². The van der Waals surface area contributed by atoms with E-state index in [1.807, 2.05) is 0 Å². The van der Waals surface area contributed by atoms with Crippen molar-refractivity contribution in [2.24, 2.45) is 0 Å². The number of hydrogen-bond acceptors (Lipinski definition) is 6. The van der Waals surface area contributed by atoms with E-state index < -0.39 is 22.0 Å². The summed E-state index contributed by atoms with van der Waals surface area (Å²) >= 11 is 0. The molecule has 2 N–H and O–H groups in total. The molecule has 0 aromatic heterocycles. The van der Waals surface area contributed by atoms with E-state index in [-0.39, 0.29) is 23.5 Å². The highest BCUT2D eigenvalue weighted by Gasteiger charge is 2.41. The first-order chi connectivity index (χ1) is 9.98. The number of fused-ring (bicyclic) bond motifs is 1. The molecule has 21 heavy (non-hydrogen) atoms. The van der Waals surface area contributed by atoms with Crippen LogP contribution in [0.15, 0.2) is 29.2 Å². The van der Waals surface area contributed by atoms with Crippen molar-refractivity contribution in [2.45, 2.75) is 11.0 Å². The summed E-state index contributed by atoms with van der Waals surface area (Å²) in [5.41, 5.74) is 0.150. The molecule has 0 aliphatic carbocycles. The summed E-state index contributed by atoms with van der Waals surface area (Å²) < 4.78 is 30.1. The molecule has 0 bridgehead atoms. The Bertz CT molecular complexity index is 617. The normalized spacial score (nSPS) is 17.8. The van der Waals surface area contributed by atoms with E-state index in [0.717, 1.165) is 4.31 Å². The number of aliphatic hydroxyl groups excluding tert-OH is 1. The molecule has 1 aromatic carbocycles. The summed E-state index contributed by atoms with van der Waals surface area (Å²) in [4.78, 5) is 12.1. The molecule has 8 heteroatoms. The third-order valence-electron chi connectivity index (χ3n) is 3.15. The number of sulfonamides is 1. The maximum Gasteiger partial charge on any atom is 0.269 e. The molecule has 1 amide bonds. The van der Waals surface area contributed by atoms with Gasteiger partial charge in [-0.1, -0.05) is 12.1 Å². The number of carbonyl (C=O) groups is 1. The molecule has 1 heterocycles. The topological polar surface area (TPSA) is 95.9 Å². The maximum atomic E-state index is 12.3. The molecule has 2 rings (SSSR count). The van der Waals surface area contributed by atoms with Crippen LogP contribution < -0.4 is 5.32 Å². The number of nitrogens with one attached hydrogen (secondary N) is 1. The highest BCUT2D eigenvalue weighted by molar-refractivity contribution is 7.90. The van der Waals surface area contributed by atoms with Crippen LogP contribution in [0.3, 0.4) is 0 Å². The zero-order chi connectivity index (χ0) is 15.5. The second kappa shape index (κ2) is 6.52. The lowest BCUT2D eigenvalue weighted by Crippen LogP contribution is -2.41. The molecule has 1 aliphatic rings. The molecular weight excluding hydrogens is 296 g/mol. The van der Waals surface area contributed by atoms with Gasteiger partial charge < -0.3 is 15.2 Å². The summed E-state index contributed by atoms with van der Waals surface area (Å²) in [5.74, 6) is -0.596. The second-order valence-electron chi connectivity index (χ2n) is 4.69. The number of hydrogen-bond donors (Lipinski definition) is 2.